The van der Waals surface area contributed by atoms with E-state index in [1.165, 1.54) is 27.7 Å². The van der Waals surface area contributed by atoms with Gasteiger partial charge in [-0.25, -0.2) is 0 Å². The average Bonchev–Trinajstić information content (AvgIpc) is 2.72. The molecule has 1 aromatic rings. The molecule has 1 saturated heterocycles. The zero-order valence-electron chi connectivity index (χ0n) is 19.2. The Morgan fingerprint density at radius 1 is 0.848 bits per heavy atom. The molecule has 1 aliphatic rings. The van der Waals surface area contributed by atoms with Gasteiger partial charge in [-0.05, 0) is 5.56 Å². The lowest BCUT2D eigenvalue weighted by atomic mass is 9.93. The highest BCUT2D eigenvalue weighted by Gasteiger charge is 2.43. The van der Waals surface area contributed by atoms with Gasteiger partial charge in [0.05, 0.1) is 25.7 Å². The molecule has 1 aliphatic heterocycles. The van der Waals surface area contributed by atoms with E-state index in [4.69, 9.17) is 28.4 Å². The Bertz CT molecular complexity index is 809. The molecule has 0 bridgehead atoms. The molecule has 0 spiro atoms. The topological polar surface area (TPSA) is 124 Å². The molecule has 0 radical (unpaired) electrons. The Hall–Kier alpha value is -2.98. The standard InChI is InChI=1S/C23H30O10/c1-14(24)28-12-19-13-30-23(29-11-18-8-6-5-7-9-18)21(32-16(3)26)10-20(31-15(2)25)22(19)33-17(4)27/h5-9,19-23H,10-13H2,1-4H3. The molecule has 182 valence electrons. The van der Waals surface area contributed by atoms with Gasteiger partial charge < -0.3 is 28.4 Å². The molecule has 0 N–H and O–H groups in total. The maximum absolute atomic E-state index is 11.8. The van der Waals surface area contributed by atoms with Crippen molar-refractivity contribution < 1.29 is 47.6 Å². The number of benzene rings is 1. The predicted octanol–water partition coefficient (Wildman–Crippen LogP) is 1.92. The van der Waals surface area contributed by atoms with Crippen LogP contribution in [0.5, 0.6) is 0 Å². The molecule has 0 aromatic heterocycles. The summed E-state index contributed by atoms with van der Waals surface area (Å²) < 4.78 is 33.2. The van der Waals surface area contributed by atoms with Crippen molar-refractivity contribution in [3.63, 3.8) is 0 Å². The zero-order chi connectivity index (χ0) is 24.4. The molecular formula is C23H30O10. The monoisotopic (exact) mass is 466 g/mol. The molecule has 5 unspecified atom stereocenters. The quantitative estimate of drug-likeness (QED) is 0.415. The van der Waals surface area contributed by atoms with Gasteiger partial charge in [0, 0.05) is 34.1 Å². The molecular weight excluding hydrogens is 436 g/mol. The molecule has 10 heteroatoms. The van der Waals surface area contributed by atoms with Gasteiger partial charge in [-0.15, -0.1) is 0 Å². The zero-order valence-corrected chi connectivity index (χ0v) is 19.2. The number of rotatable bonds is 8. The molecule has 1 aromatic carbocycles. The average molecular weight is 466 g/mol. The van der Waals surface area contributed by atoms with Crippen molar-refractivity contribution in [2.24, 2.45) is 5.92 Å². The van der Waals surface area contributed by atoms with Crippen molar-refractivity contribution in [1.82, 2.24) is 0 Å². The van der Waals surface area contributed by atoms with Crippen molar-refractivity contribution in [3.8, 4) is 0 Å². The van der Waals surface area contributed by atoms with Gasteiger partial charge in [0.1, 0.15) is 12.2 Å². The number of hydrogen-bond acceptors (Lipinski definition) is 10. The Labute approximate surface area is 192 Å². The van der Waals surface area contributed by atoms with Gasteiger partial charge in [-0.2, -0.15) is 0 Å². The summed E-state index contributed by atoms with van der Waals surface area (Å²) in [7, 11) is 0. The second-order valence-corrected chi connectivity index (χ2v) is 7.67. The first-order chi connectivity index (χ1) is 15.7. The van der Waals surface area contributed by atoms with Crippen LogP contribution in [-0.4, -0.2) is 61.7 Å². The van der Waals surface area contributed by atoms with Crippen molar-refractivity contribution in [3.05, 3.63) is 35.9 Å². The first-order valence-electron chi connectivity index (χ1n) is 10.6. The van der Waals surface area contributed by atoms with Crippen LogP contribution in [0.2, 0.25) is 0 Å². The summed E-state index contributed by atoms with van der Waals surface area (Å²) in [4.78, 5) is 46.8. The van der Waals surface area contributed by atoms with Crippen molar-refractivity contribution >= 4 is 23.9 Å². The first-order valence-corrected chi connectivity index (χ1v) is 10.6. The first kappa shape index (κ1) is 26.3. The second kappa shape index (κ2) is 12.9. The SMILES string of the molecule is CC(=O)OCC1COC(OCc2ccccc2)C(OC(C)=O)CC(OC(C)=O)C1OC(C)=O. The summed E-state index contributed by atoms with van der Waals surface area (Å²) in [5, 5.41) is 0. The lowest BCUT2D eigenvalue weighted by molar-refractivity contribution is -0.246. The van der Waals surface area contributed by atoms with Crippen LogP contribution in [0.3, 0.4) is 0 Å². The van der Waals surface area contributed by atoms with Crippen LogP contribution in [0.4, 0.5) is 0 Å². The number of esters is 4. The Kier molecular flexibility index (Phi) is 10.3. The molecule has 5 atom stereocenters. The van der Waals surface area contributed by atoms with Crippen LogP contribution >= 0.6 is 0 Å². The number of hydrogen-bond donors (Lipinski definition) is 0. The lowest BCUT2D eigenvalue weighted by Crippen LogP contribution is -2.51. The summed E-state index contributed by atoms with van der Waals surface area (Å²) in [6.45, 7) is 4.85. The van der Waals surface area contributed by atoms with E-state index in [1.54, 1.807) is 0 Å². The van der Waals surface area contributed by atoms with Gasteiger partial charge in [0.25, 0.3) is 0 Å². The van der Waals surface area contributed by atoms with Crippen LogP contribution in [-0.2, 0) is 54.2 Å². The summed E-state index contributed by atoms with van der Waals surface area (Å²) in [6, 6.07) is 9.32. The Morgan fingerprint density at radius 2 is 1.45 bits per heavy atom. The lowest BCUT2D eigenvalue weighted by Gasteiger charge is -2.38. The van der Waals surface area contributed by atoms with E-state index in [9.17, 15) is 19.2 Å². The van der Waals surface area contributed by atoms with Gasteiger partial charge >= 0.3 is 23.9 Å². The Balaban J connectivity index is 2.32. The van der Waals surface area contributed by atoms with E-state index in [0.717, 1.165) is 5.56 Å². The van der Waals surface area contributed by atoms with Gasteiger partial charge in [-0.1, -0.05) is 30.3 Å². The molecule has 1 fully saturated rings. The summed E-state index contributed by atoms with van der Waals surface area (Å²) in [6.07, 6.45) is -4.02. The minimum Gasteiger partial charge on any atom is -0.465 e. The Morgan fingerprint density at radius 3 is 2.03 bits per heavy atom. The summed E-state index contributed by atoms with van der Waals surface area (Å²) in [5.41, 5.74) is 0.871. The maximum Gasteiger partial charge on any atom is 0.303 e. The van der Waals surface area contributed by atoms with Crippen LogP contribution in [0, 0.1) is 5.92 Å². The van der Waals surface area contributed by atoms with Gasteiger partial charge in [0.15, 0.2) is 12.4 Å². The highest BCUT2D eigenvalue weighted by atomic mass is 16.7. The third-order valence-electron chi connectivity index (χ3n) is 4.77. The van der Waals surface area contributed by atoms with Crippen LogP contribution in [0.15, 0.2) is 30.3 Å². The van der Waals surface area contributed by atoms with E-state index < -0.39 is 54.4 Å². The molecule has 0 aliphatic carbocycles. The van der Waals surface area contributed by atoms with E-state index in [1.807, 2.05) is 30.3 Å². The van der Waals surface area contributed by atoms with Gasteiger partial charge in [-0.3, -0.25) is 19.2 Å². The molecule has 1 heterocycles. The second-order valence-electron chi connectivity index (χ2n) is 7.67. The largest absolute Gasteiger partial charge is 0.465 e. The minimum atomic E-state index is -1.01. The number of carbonyl (C=O) groups excluding carboxylic acids is 4. The fourth-order valence-corrected chi connectivity index (χ4v) is 3.48. The van der Waals surface area contributed by atoms with Crippen LogP contribution in [0.25, 0.3) is 0 Å². The minimum absolute atomic E-state index is 0.0624. The van der Waals surface area contributed by atoms with Crippen molar-refractivity contribution in [2.75, 3.05) is 13.2 Å². The molecule has 33 heavy (non-hydrogen) atoms. The molecule has 0 amide bonds. The van der Waals surface area contributed by atoms with E-state index >= 15 is 0 Å². The number of carbonyl (C=O) groups is 4. The highest BCUT2D eigenvalue weighted by molar-refractivity contribution is 5.68. The molecule has 10 nitrogen and oxygen atoms in total. The smallest absolute Gasteiger partial charge is 0.303 e. The summed E-state index contributed by atoms with van der Waals surface area (Å²) >= 11 is 0. The fourth-order valence-electron chi connectivity index (χ4n) is 3.48. The molecule has 0 saturated carbocycles. The van der Waals surface area contributed by atoms with Crippen LogP contribution < -0.4 is 0 Å². The third-order valence-corrected chi connectivity index (χ3v) is 4.77. The molecule has 2 rings (SSSR count). The van der Waals surface area contributed by atoms with Crippen LogP contribution in [0.1, 0.15) is 39.7 Å². The number of ether oxygens (including phenoxy) is 6. The fraction of sp³-hybridized carbons (Fsp3) is 0.565. The third kappa shape index (κ3) is 9.19. The maximum atomic E-state index is 11.8. The van der Waals surface area contributed by atoms with E-state index in [-0.39, 0.29) is 26.2 Å². The normalized spacial score (nSPS) is 25.2. The predicted molar refractivity (Wildman–Crippen MR) is 112 cm³/mol. The van der Waals surface area contributed by atoms with Crippen molar-refractivity contribution in [1.29, 1.82) is 0 Å². The van der Waals surface area contributed by atoms with Gasteiger partial charge in [0.2, 0.25) is 0 Å². The van der Waals surface area contributed by atoms with Crippen molar-refractivity contribution in [2.45, 2.75) is 65.3 Å². The van der Waals surface area contributed by atoms with E-state index in [2.05, 4.69) is 0 Å². The van der Waals surface area contributed by atoms with E-state index in [0.29, 0.717) is 0 Å². The summed E-state index contributed by atoms with van der Waals surface area (Å²) in [5.74, 6) is -3.01. The highest BCUT2D eigenvalue weighted by Crippen LogP contribution is 2.28.